The van der Waals surface area contributed by atoms with Gasteiger partial charge in [-0.25, -0.2) is 0 Å². The Balaban J connectivity index is 2.48. The molecule has 0 spiro atoms. The zero-order valence-electron chi connectivity index (χ0n) is 7.43. The van der Waals surface area contributed by atoms with Gasteiger partial charge in [0.15, 0.2) is 0 Å². The number of aliphatic hydroxyl groups excluding tert-OH is 2. The Hall–Kier alpha value is -0.680. The maximum absolute atomic E-state index is 9.22. The predicted molar refractivity (Wildman–Crippen MR) is 59.5 cm³/mol. The van der Waals surface area contributed by atoms with Crippen molar-refractivity contribution in [3.8, 4) is 9.75 Å². The largest absolute Gasteiger partial charge is 0.392 e. The summed E-state index contributed by atoms with van der Waals surface area (Å²) in [6.07, 6.45) is 0. The first-order valence-corrected chi connectivity index (χ1v) is 5.97. The van der Waals surface area contributed by atoms with E-state index in [0.717, 1.165) is 20.9 Å². The van der Waals surface area contributed by atoms with Gasteiger partial charge in [-0.05, 0) is 22.4 Å². The highest BCUT2D eigenvalue weighted by Crippen LogP contribution is 2.35. The van der Waals surface area contributed by atoms with Crippen LogP contribution < -0.4 is 0 Å². The van der Waals surface area contributed by atoms with Crippen molar-refractivity contribution in [2.45, 2.75) is 13.2 Å². The van der Waals surface area contributed by atoms with Crippen LogP contribution in [0.15, 0.2) is 22.9 Å². The summed E-state index contributed by atoms with van der Waals surface area (Å²) in [5.41, 5.74) is 1.70. The molecule has 0 bridgehead atoms. The molecule has 0 aliphatic heterocycles. The molecular weight excluding hydrogens is 216 g/mol. The zero-order valence-corrected chi connectivity index (χ0v) is 9.07. The van der Waals surface area contributed by atoms with Gasteiger partial charge in [0.2, 0.25) is 0 Å². The molecule has 2 rings (SSSR count). The minimum atomic E-state index is -0.00731. The molecule has 0 radical (unpaired) electrons. The van der Waals surface area contributed by atoms with E-state index in [1.807, 2.05) is 22.9 Å². The van der Waals surface area contributed by atoms with Crippen LogP contribution in [0.3, 0.4) is 0 Å². The normalized spacial score (nSPS) is 10.7. The molecule has 2 aromatic rings. The molecule has 0 unspecified atom stereocenters. The van der Waals surface area contributed by atoms with Crippen LogP contribution in [0.25, 0.3) is 9.75 Å². The molecule has 2 aromatic heterocycles. The van der Waals surface area contributed by atoms with Crippen LogP contribution in [0.1, 0.15) is 11.1 Å². The van der Waals surface area contributed by atoms with Gasteiger partial charge in [-0.15, -0.1) is 22.7 Å². The number of hydrogen-bond donors (Lipinski definition) is 2. The first kappa shape index (κ1) is 9.86. The summed E-state index contributed by atoms with van der Waals surface area (Å²) in [4.78, 5) is 2.23. The average molecular weight is 226 g/mol. The fraction of sp³-hybridized carbons (Fsp3) is 0.200. The smallest absolute Gasteiger partial charge is 0.0700 e. The van der Waals surface area contributed by atoms with Crippen LogP contribution >= 0.6 is 22.7 Å². The maximum Gasteiger partial charge on any atom is 0.0700 e. The summed E-state index contributed by atoms with van der Waals surface area (Å²) in [7, 11) is 0. The fourth-order valence-electron chi connectivity index (χ4n) is 1.34. The summed E-state index contributed by atoms with van der Waals surface area (Å²) >= 11 is 3.22. The van der Waals surface area contributed by atoms with Gasteiger partial charge in [0.1, 0.15) is 0 Å². The van der Waals surface area contributed by atoms with Crippen molar-refractivity contribution in [3.05, 3.63) is 34.0 Å². The molecule has 0 saturated carbocycles. The van der Waals surface area contributed by atoms with E-state index < -0.39 is 0 Å². The quantitative estimate of drug-likeness (QED) is 0.844. The van der Waals surface area contributed by atoms with Crippen LogP contribution in [-0.2, 0) is 13.2 Å². The lowest BCUT2D eigenvalue weighted by molar-refractivity contribution is 0.261. The van der Waals surface area contributed by atoms with Gasteiger partial charge >= 0.3 is 0 Å². The third-order valence-corrected chi connectivity index (χ3v) is 4.18. The van der Waals surface area contributed by atoms with Crippen LogP contribution in [-0.4, -0.2) is 10.2 Å². The maximum atomic E-state index is 9.22. The first-order valence-electron chi connectivity index (χ1n) is 4.21. The summed E-state index contributed by atoms with van der Waals surface area (Å²) in [5.74, 6) is 0. The molecule has 2 heterocycles. The van der Waals surface area contributed by atoms with Gasteiger partial charge < -0.3 is 10.2 Å². The minimum Gasteiger partial charge on any atom is -0.392 e. The van der Waals surface area contributed by atoms with Crippen molar-refractivity contribution in [3.63, 3.8) is 0 Å². The Morgan fingerprint density at radius 2 is 2.00 bits per heavy atom. The Bertz CT molecular complexity index is 404. The summed E-state index contributed by atoms with van der Waals surface area (Å²) in [5, 5.41) is 22.2. The molecule has 0 fully saturated rings. The molecule has 0 amide bonds. The second kappa shape index (κ2) is 4.23. The van der Waals surface area contributed by atoms with Gasteiger partial charge in [0.25, 0.3) is 0 Å². The summed E-state index contributed by atoms with van der Waals surface area (Å²) < 4.78 is 0. The molecule has 0 atom stereocenters. The SMILES string of the molecule is OCc1csc(-c2cccs2)c1CO. The van der Waals surface area contributed by atoms with Crippen LogP contribution in [0.4, 0.5) is 0 Å². The topological polar surface area (TPSA) is 40.5 Å². The van der Waals surface area contributed by atoms with Crippen molar-refractivity contribution in [2.75, 3.05) is 0 Å². The zero-order chi connectivity index (χ0) is 9.97. The number of rotatable bonds is 3. The lowest BCUT2D eigenvalue weighted by Gasteiger charge is -1.99. The van der Waals surface area contributed by atoms with E-state index in [4.69, 9.17) is 5.11 Å². The lowest BCUT2D eigenvalue weighted by Crippen LogP contribution is -1.89. The van der Waals surface area contributed by atoms with E-state index in [1.54, 1.807) is 22.7 Å². The standard InChI is InChI=1S/C10H10O2S2/c11-4-7-6-14-10(8(7)5-12)9-2-1-3-13-9/h1-3,6,11-12H,4-5H2. The number of thiophene rings is 2. The van der Waals surface area contributed by atoms with Crippen LogP contribution in [0.5, 0.6) is 0 Å². The molecule has 14 heavy (non-hydrogen) atoms. The first-order chi connectivity index (χ1) is 6.86. The summed E-state index contributed by atoms with van der Waals surface area (Å²) in [6.45, 7) is -0.00953. The monoisotopic (exact) mass is 226 g/mol. The van der Waals surface area contributed by atoms with E-state index in [2.05, 4.69) is 0 Å². The Labute approximate surface area is 90.1 Å². The average Bonchev–Trinajstić information content (AvgIpc) is 2.85. The molecule has 4 heteroatoms. The van der Waals surface area contributed by atoms with Crippen molar-refractivity contribution in [1.82, 2.24) is 0 Å². The van der Waals surface area contributed by atoms with E-state index in [9.17, 15) is 5.11 Å². The molecule has 2 nitrogen and oxygen atoms in total. The number of hydrogen-bond acceptors (Lipinski definition) is 4. The third-order valence-electron chi connectivity index (χ3n) is 2.05. The minimum absolute atomic E-state index is 0.00221. The second-order valence-electron chi connectivity index (χ2n) is 2.86. The lowest BCUT2D eigenvalue weighted by atomic mass is 10.1. The fourth-order valence-corrected chi connectivity index (χ4v) is 3.32. The Kier molecular flexibility index (Phi) is 2.98. The van der Waals surface area contributed by atoms with Gasteiger partial charge in [-0.2, -0.15) is 0 Å². The van der Waals surface area contributed by atoms with Crippen LogP contribution in [0, 0.1) is 0 Å². The molecule has 74 valence electrons. The molecule has 0 aromatic carbocycles. The van der Waals surface area contributed by atoms with Crippen LogP contribution in [0.2, 0.25) is 0 Å². The van der Waals surface area contributed by atoms with E-state index in [0.29, 0.717) is 0 Å². The van der Waals surface area contributed by atoms with Gasteiger partial charge in [-0.3, -0.25) is 0 Å². The highest BCUT2D eigenvalue weighted by atomic mass is 32.1. The van der Waals surface area contributed by atoms with Crippen molar-refractivity contribution in [2.24, 2.45) is 0 Å². The molecule has 0 aliphatic carbocycles. The van der Waals surface area contributed by atoms with Crippen molar-refractivity contribution < 1.29 is 10.2 Å². The van der Waals surface area contributed by atoms with Crippen molar-refractivity contribution in [1.29, 1.82) is 0 Å². The predicted octanol–water partition coefficient (Wildman–Crippen LogP) is 2.46. The Morgan fingerprint density at radius 3 is 2.57 bits per heavy atom. The molecule has 0 aliphatic rings. The summed E-state index contributed by atoms with van der Waals surface area (Å²) in [6, 6.07) is 4.01. The third kappa shape index (κ3) is 1.62. The Morgan fingerprint density at radius 1 is 1.14 bits per heavy atom. The van der Waals surface area contributed by atoms with E-state index in [1.165, 1.54) is 0 Å². The highest BCUT2D eigenvalue weighted by Gasteiger charge is 2.12. The number of aliphatic hydroxyl groups is 2. The van der Waals surface area contributed by atoms with E-state index >= 15 is 0 Å². The molecular formula is C10H10O2S2. The highest BCUT2D eigenvalue weighted by molar-refractivity contribution is 7.20. The van der Waals surface area contributed by atoms with Gasteiger partial charge in [0.05, 0.1) is 18.1 Å². The molecule has 0 saturated heterocycles. The molecule has 2 N–H and O–H groups in total. The van der Waals surface area contributed by atoms with Gasteiger partial charge in [0, 0.05) is 10.4 Å². The van der Waals surface area contributed by atoms with Crippen molar-refractivity contribution >= 4 is 22.7 Å². The van der Waals surface area contributed by atoms with Gasteiger partial charge in [-0.1, -0.05) is 6.07 Å². The second-order valence-corrected chi connectivity index (χ2v) is 4.69. The van der Waals surface area contributed by atoms with E-state index in [-0.39, 0.29) is 13.2 Å².